The molecule has 0 saturated carbocycles. The van der Waals surface area contributed by atoms with Crippen molar-refractivity contribution in [2.45, 2.75) is 11.3 Å². The Morgan fingerprint density at radius 1 is 0.788 bits per heavy atom. The van der Waals surface area contributed by atoms with Crippen molar-refractivity contribution in [3.05, 3.63) is 103 Å². The van der Waals surface area contributed by atoms with E-state index in [9.17, 15) is 13.2 Å². The Morgan fingerprint density at radius 2 is 1.48 bits per heavy atom. The highest BCUT2D eigenvalue weighted by atomic mass is 32.2. The molecule has 0 bridgehead atoms. The van der Waals surface area contributed by atoms with Gasteiger partial charge >= 0.3 is 0 Å². The Labute approximate surface area is 193 Å². The molecule has 4 aromatic carbocycles. The number of sulfonamides is 1. The van der Waals surface area contributed by atoms with Crippen LogP contribution in [0.25, 0.3) is 10.8 Å². The molecule has 6 nitrogen and oxygen atoms in total. The topological polar surface area (TPSA) is 84.5 Å². The minimum absolute atomic E-state index is 0.140. The predicted molar refractivity (Wildman–Crippen MR) is 130 cm³/mol. The van der Waals surface area contributed by atoms with Crippen molar-refractivity contribution >= 4 is 32.4 Å². The number of hydrogen-bond acceptors (Lipinski definition) is 4. The first kappa shape index (κ1) is 22.5. The molecule has 2 N–H and O–H groups in total. The summed E-state index contributed by atoms with van der Waals surface area (Å²) in [4.78, 5) is 12.4. The van der Waals surface area contributed by atoms with Gasteiger partial charge in [0.05, 0.1) is 4.90 Å². The summed E-state index contributed by atoms with van der Waals surface area (Å²) in [6.45, 7) is 0.149. The van der Waals surface area contributed by atoms with Crippen LogP contribution in [0.1, 0.15) is 5.56 Å². The maximum atomic E-state index is 12.5. The van der Waals surface area contributed by atoms with Gasteiger partial charge in [0.25, 0.3) is 5.91 Å². The number of carbonyl (C=O) groups is 1. The smallest absolute Gasteiger partial charge is 0.262 e. The Kier molecular flexibility index (Phi) is 7.02. The number of rotatable bonds is 9. The van der Waals surface area contributed by atoms with Crippen molar-refractivity contribution in [3.63, 3.8) is 0 Å². The molecule has 168 valence electrons. The molecule has 4 rings (SSSR count). The van der Waals surface area contributed by atoms with Gasteiger partial charge < -0.3 is 10.1 Å². The minimum Gasteiger partial charge on any atom is -0.484 e. The zero-order chi connectivity index (χ0) is 23.1. The first-order valence-electron chi connectivity index (χ1n) is 10.5. The SMILES string of the molecule is O=C(COc1ccc2ccccc2c1)Nc1ccc(S(=O)(=O)NCCc2ccccc2)cc1. The summed E-state index contributed by atoms with van der Waals surface area (Å²) < 4.78 is 33.2. The largest absolute Gasteiger partial charge is 0.484 e. The van der Waals surface area contributed by atoms with Crippen LogP contribution in [-0.2, 0) is 21.2 Å². The lowest BCUT2D eigenvalue weighted by Gasteiger charge is -2.10. The zero-order valence-electron chi connectivity index (χ0n) is 17.9. The number of carbonyl (C=O) groups excluding carboxylic acids is 1. The standard InChI is InChI=1S/C26H24N2O4S/c29-26(19-32-24-13-10-21-8-4-5-9-22(21)18-24)28-23-11-14-25(15-12-23)33(30,31)27-17-16-20-6-2-1-3-7-20/h1-15,18,27H,16-17,19H2,(H,28,29). The van der Waals surface area contributed by atoms with Gasteiger partial charge in [-0.1, -0.05) is 60.7 Å². The van der Waals surface area contributed by atoms with Crippen molar-refractivity contribution in [2.24, 2.45) is 0 Å². The summed E-state index contributed by atoms with van der Waals surface area (Å²) in [5, 5.41) is 4.84. The van der Waals surface area contributed by atoms with E-state index in [1.807, 2.05) is 72.8 Å². The average molecular weight is 461 g/mol. The van der Waals surface area contributed by atoms with E-state index in [0.29, 0.717) is 24.4 Å². The molecule has 0 saturated heterocycles. The number of benzene rings is 4. The van der Waals surface area contributed by atoms with Crippen LogP contribution in [0.4, 0.5) is 5.69 Å². The van der Waals surface area contributed by atoms with E-state index in [1.165, 1.54) is 12.1 Å². The first-order valence-corrected chi connectivity index (χ1v) is 12.0. The van der Waals surface area contributed by atoms with Crippen LogP contribution >= 0.6 is 0 Å². The summed E-state index contributed by atoms with van der Waals surface area (Å²) in [7, 11) is -3.63. The summed E-state index contributed by atoms with van der Waals surface area (Å²) in [6.07, 6.45) is 0.603. The van der Waals surface area contributed by atoms with Crippen LogP contribution in [0.5, 0.6) is 5.75 Å². The fraction of sp³-hybridized carbons (Fsp3) is 0.115. The van der Waals surface area contributed by atoms with E-state index >= 15 is 0 Å². The highest BCUT2D eigenvalue weighted by Gasteiger charge is 2.13. The predicted octanol–water partition coefficient (Wildman–Crippen LogP) is 4.38. The van der Waals surface area contributed by atoms with Crippen LogP contribution < -0.4 is 14.8 Å². The average Bonchev–Trinajstić information content (AvgIpc) is 2.83. The molecule has 7 heteroatoms. The number of ether oxygens (including phenoxy) is 1. The Hall–Kier alpha value is -3.68. The molecular weight excluding hydrogens is 436 g/mol. The lowest BCUT2D eigenvalue weighted by molar-refractivity contribution is -0.118. The Balaban J connectivity index is 1.28. The number of nitrogens with one attached hydrogen (secondary N) is 2. The summed E-state index contributed by atoms with van der Waals surface area (Å²) >= 11 is 0. The van der Waals surface area contributed by atoms with Gasteiger partial charge in [-0.3, -0.25) is 4.79 Å². The molecule has 0 heterocycles. The van der Waals surface area contributed by atoms with Crippen molar-refractivity contribution in [1.82, 2.24) is 4.72 Å². The van der Waals surface area contributed by atoms with E-state index in [2.05, 4.69) is 10.0 Å². The van der Waals surface area contributed by atoms with Crippen LogP contribution in [0.15, 0.2) is 102 Å². The molecule has 0 unspecified atom stereocenters. The molecule has 1 amide bonds. The number of anilines is 1. The Morgan fingerprint density at radius 3 is 2.24 bits per heavy atom. The van der Waals surface area contributed by atoms with Gasteiger partial charge in [0.2, 0.25) is 10.0 Å². The van der Waals surface area contributed by atoms with Crippen molar-refractivity contribution < 1.29 is 17.9 Å². The van der Waals surface area contributed by atoms with Crippen LogP contribution in [0, 0.1) is 0 Å². The lowest BCUT2D eigenvalue weighted by Crippen LogP contribution is -2.26. The normalized spacial score (nSPS) is 11.3. The third-order valence-corrected chi connectivity index (χ3v) is 6.56. The highest BCUT2D eigenvalue weighted by Crippen LogP contribution is 2.20. The fourth-order valence-corrected chi connectivity index (χ4v) is 4.41. The van der Waals surface area contributed by atoms with Crippen molar-refractivity contribution in [3.8, 4) is 5.75 Å². The van der Waals surface area contributed by atoms with Gasteiger partial charge in [-0.05, 0) is 59.2 Å². The third kappa shape index (κ3) is 6.19. The summed E-state index contributed by atoms with van der Waals surface area (Å²) in [5.74, 6) is 0.270. The maximum Gasteiger partial charge on any atom is 0.262 e. The highest BCUT2D eigenvalue weighted by molar-refractivity contribution is 7.89. The van der Waals surface area contributed by atoms with Gasteiger partial charge in [0.15, 0.2) is 6.61 Å². The molecule has 33 heavy (non-hydrogen) atoms. The molecule has 0 spiro atoms. The van der Waals surface area contributed by atoms with E-state index in [1.54, 1.807) is 12.1 Å². The molecule has 0 aliphatic rings. The van der Waals surface area contributed by atoms with Gasteiger partial charge in [0, 0.05) is 12.2 Å². The van der Waals surface area contributed by atoms with E-state index < -0.39 is 10.0 Å². The molecule has 0 aliphatic heterocycles. The van der Waals surface area contributed by atoms with E-state index in [4.69, 9.17) is 4.74 Å². The molecule has 4 aromatic rings. The summed E-state index contributed by atoms with van der Waals surface area (Å²) in [5.41, 5.74) is 1.55. The van der Waals surface area contributed by atoms with Gasteiger partial charge in [-0.25, -0.2) is 13.1 Å². The molecular formula is C26H24N2O4S. The van der Waals surface area contributed by atoms with E-state index in [0.717, 1.165) is 16.3 Å². The van der Waals surface area contributed by atoms with Gasteiger partial charge in [0.1, 0.15) is 5.75 Å². The van der Waals surface area contributed by atoms with E-state index in [-0.39, 0.29) is 17.4 Å². The minimum atomic E-state index is -3.63. The van der Waals surface area contributed by atoms with Crippen molar-refractivity contribution in [1.29, 1.82) is 0 Å². The quantitative estimate of drug-likeness (QED) is 0.388. The monoisotopic (exact) mass is 460 g/mol. The maximum absolute atomic E-state index is 12.5. The fourth-order valence-electron chi connectivity index (χ4n) is 3.38. The second-order valence-electron chi connectivity index (χ2n) is 7.50. The van der Waals surface area contributed by atoms with Crippen molar-refractivity contribution in [2.75, 3.05) is 18.5 Å². The summed E-state index contributed by atoms with van der Waals surface area (Å²) in [6, 6.07) is 29.2. The second-order valence-corrected chi connectivity index (χ2v) is 9.27. The number of hydrogen-bond donors (Lipinski definition) is 2. The number of fused-ring (bicyclic) bond motifs is 1. The van der Waals surface area contributed by atoms with Gasteiger partial charge in [-0.2, -0.15) is 0 Å². The molecule has 0 aliphatic carbocycles. The molecule has 0 atom stereocenters. The molecule has 0 aromatic heterocycles. The van der Waals surface area contributed by atoms with Gasteiger partial charge in [-0.15, -0.1) is 0 Å². The number of amides is 1. The lowest BCUT2D eigenvalue weighted by atomic mass is 10.1. The molecule has 0 radical (unpaired) electrons. The van der Waals surface area contributed by atoms with Crippen LogP contribution in [0.2, 0.25) is 0 Å². The molecule has 0 fully saturated rings. The third-order valence-electron chi connectivity index (χ3n) is 5.09. The Bertz CT molecular complexity index is 1340. The first-order chi connectivity index (χ1) is 16.0. The van der Waals surface area contributed by atoms with Crippen LogP contribution in [0.3, 0.4) is 0 Å². The zero-order valence-corrected chi connectivity index (χ0v) is 18.7. The van der Waals surface area contributed by atoms with Crippen LogP contribution in [-0.4, -0.2) is 27.5 Å². The second kappa shape index (κ2) is 10.3.